The van der Waals surface area contributed by atoms with Crippen molar-refractivity contribution in [3.63, 3.8) is 0 Å². The molecule has 4 nitrogen and oxygen atoms in total. The van der Waals surface area contributed by atoms with E-state index in [9.17, 15) is 4.79 Å². The number of rotatable bonds is 5. The lowest BCUT2D eigenvalue weighted by Crippen LogP contribution is -2.32. The summed E-state index contributed by atoms with van der Waals surface area (Å²) in [7, 11) is 0. The first kappa shape index (κ1) is 11.0. The number of nitrogens with two attached hydrogens (primary N) is 1. The normalized spacial score (nSPS) is 12.4. The van der Waals surface area contributed by atoms with Crippen LogP contribution in [0.15, 0.2) is 24.4 Å². The largest absolute Gasteiger partial charge is 0.480 e. The molecule has 14 heavy (non-hydrogen) atoms. The molecule has 0 saturated heterocycles. The molecular weight excluding hydrogens is 200 g/mol. The first-order valence-electron chi connectivity index (χ1n) is 4.16. The van der Waals surface area contributed by atoms with Crippen LogP contribution in [0.2, 0.25) is 0 Å². The van der Waals surface area contributed by atoms with E-state index in [-0.39, 0.29) is 0 Å². The van der Waals surface area contributed by atoms with E-state index in [2.05, 4.69) is 4.98 Å². The number of aliphatic carboxylic acids is 1. The number of aromatic nitrogens is 1. The maximum Gasteiger partial charge on any atom is 0.321 e. The molecule has 0 saturated carbocycles. The summed E-state index contributed by atoms with van der Waals surface area (Å²) < 4.78 is 0. The minimum atomic E-state index is -0.960. The fraction of sp³-hybridized carbons (Fsp3) is 0.333. The summed E-state index contributed by atoms with van der Waals surface area (Å²) in [5, 5.41) is 8.53. The minimum Gasteiger partial charge on any atom is -0.480 e. The Kier molecular flexibility index (Phi) is 4.42. The second-order valence-corrected chi connectivity index (χ2v) is 3.81. The van der Waals surface area contributed by atoms with Gasteiger partial charge in [0.25, 0.3) is 0 Å². The minimum absolute atomic E-state index is 0.409. The number of nitrogens with zero attached hydrogens (tertiary/aromatic N) is 1. The zero-order valence-electron chi connectivity index (χ0n) is 7.59. The highest BCUT2D eigenvalue weighted by Crippen LogP contribution is 2.09. The molecule has 0 fully saturated rings. The van der Waals surface area contributed by atoms with Crippen LogP contribution in [0.4, 0.5) is 0 Å². The predicted molar refractivity (Wildman–Crippen MR) is 56.0 cm³/mol. The third kappa shape index (κ3) is 3.76. The molecule has 1 aromatic rings. The van der Waals surface area contributed by atoms with Crippen molar-refractivity contribution < 1.29 is 9.90 Å². The number of thioether (sulfide) groups is 1. The molecule has 76 valence electrons. The van der Waals surface area contributed by atoms with Gasteiger partial charge in [-0.3, -0.25) is 9.78 Å². The van der Waals surface area contributed by atoms with E-state index in [0.717, 1.165) is 5.69 Å². The molecule has 1 heterocycles. The standard InChI is InChI=1S/C9H12N2O2S/c10-8(9(12)13)6-14-5-7-3-1-2-4-11-7/h1-4,8H,5-6,10H2,(H,12,13)/t8-/m1/s1. The van der Waals surface area contributed by atoms with Gasteiger partial charge in [-0.15, -0.1) is 0 Å². The smallest absolute Gasteiger partial charge is 0.321 e. The van der Waals surface area contributed by atoms with Crippen molar-refractivity contribution in [3.8, 4) is 0 Å². The molecule has 0 radical (unpaired) electrons. The Balaban J connectivity index is 2.26. The summed E-state index contributed by atoms with van der Waals surface area (Å²) in [6.07, 6.45) is 1.72. The van der Waals surface area contributed by atoms with E-state index in [1.54, 1.807) is 6.20 Å². The van der Waals surface area contributed by atoms with Crippen molar-refractivity contribution in [2.24, 2.45) is 5.73 Å². The van der Waals surface area contributed by atoms with Crippen LogP contribution in [-0.2, 0) is 10.5 Å². The molecular formula is C9H12N2O2S. The summed E-state index contributed by atoms with van der Waals surface area (Å²) in [5.41, 5.74) is 6.28. The SMILES string of the molecule is N[C@H](CSCc1ccccn1)C(=O)O. The maximum atomic E-state index is 10.4. The average molecular weight is 212 g/mol. The molecule has 0 bridgehead atoms. The molecule has 5 heteroatoms. The third-order valence-electron chi connectivity index (χ3n) is 1.59. The van der Waals surface area contributed by atoms with Crippen molar-refractivity contribution in [1.82, 2.24) is 4.98 Å². The Morgan fingerprint density at radius 1 is 1.64 bits per heavy atom. The van der Waals surface area contributed by atoms with Gasteiger partial charge in [0, 0.05) is 17.7 Å². The number of pyridine rings is 1. The van der Waals surface area contributed by atoms with Crippen LogP contribution in [0.1, 0.15) is 5.69 Å². The van der Waals surface area contributed by atoms with E-state index < -0.39 is 12.0 Å². The Labute approximate surface area is 86.5 Å². The number of carboxylic acid groups (broad SMARTS) is 1. The zero-order chi connectivity index (χ0) is 10.4. The molecule has 0 aliphatic carbocycles. The number of carbonyl (C=O) groups is 1. The van der Waals surface area contributed by atoms with Crippen LogP contribution in [0, 0.1) is 0 Å². The highest BCUT2D eigenvalue weighted by atomic mass is 32.2. The highest BCUT2D eigenvalue weighted by molar-refractivity contribution is 7.98. The van der Waals surface area contributed by atoms with Gasteiger partial charge in [0.05, 0.1) is 5.69 Å². The van der Waals surface area contributed by atoms with Crippen molar-refractivity contribution in [1.29, 1.82) is 0 Å². The Hall–Kier alpha value is -1.07. The molecule has 0 unspecified atom stereocenters. The molecule has 1 rings (SSSR count). The number of carboxylic acids is 1. The van der Waals surface area contributed by atoms with Gasteiger partial charge in [-0.25, -0.2) is 0 Å². The Morgan fingerprint density at radius 3 is 3.00 bits per heavy atom. The molecule has 1 aromatic heterocycles. The molecule has 0 spiro atoms. The van der Waals surface area contributed by atoms with E-state index >= 15 is 0 Å². The van der Waals surface area contributed by atoms with Crippen LogP contribution in [0.3, 0.4) is 0 Å². The maximum absolute atomic E-state index is 10.4. The summed E-state index contributed by atoms with van der Waals surface area (Å²) in [6.45, 7) is 0. The van der Waals surface area contributed by atoms with Gasteiger partial charge < -0.3 is 10.8 Å². The van der Waals surface area contributed by atoms with Crippen molar-refractivity contribution in [2.75, 3.05) is 5.75 Å². The van der Waals surface area contributed by atoms with Crippen molar-refractivity contribution >= 4 is 17.7 Å². The quantitative estimate of drug-likeness (QED) is 0.752. The van der Waals surface area contributed by atoms with E-state index in [0.29, 0.717) is 11.5 Å². The third-order valence-corrected chi connectivity index (χ3v) is 2.69. The van der Waals surface area contributed by atoms with Crippen LogP contribution >= 0.6 is 11.8 Å². The monoisotopic (exact) mass is 212 g/mol. The van der Waals surface area contributed by atoms with Crippen LogP contribution in [0.25, 0.3) is 0 Å². The average Bonchev–Trinajstić information content (AvgIpc) is 2.19. The fourth-order valence-electron chi connectivity index (χ4n) is 0.845. The summed E-state index contributed by atoms with van der Waals surface area (Å²) in [6, 6.07) is 4.86. The van der Waals surface area contributed by atoms with Crippen LogP contribution in [0.5, 0.6) is 0 Å². The fourth-order valence-corrected chi connectivity index (χ4v) is 1.74. The second kappa shape index (κ2) is 5.62. The topological polar surface area (TPSA) is 76.2 Å². The summed E-state index contributed by atoms with van der Waals surface area (Å²) in [5.74, 6) is 0.145. The molecule has 1 atom stereocenters. The van der Waals surface area contributed by atoms with Crippen molar-refractivity contribution in [2.45, 2.75) is 11.8 Å². The molecule has 0 aromatic carbocycles. The van der Waals surface area contributed by atoms with E-state index in [1.807, 2.05) is 18.2 Å². The van der Waals surface area contributed by atoms with Gasteiger partial charge in [-0.05, 0) is 12.1 Å². The summed E-state index contributed by atoms with van der Waals surface area (Å²) in [4.78, 5) is 14.5. The lowest BCUT2D eigenvalue weighted by molar-refractivity contribution is -0.137. The van der Waals surface area contributed by atoms with Crippen LogP contribution < -0.4 is 5.73 Å². The van der Waals surface area contributed by atoms with Gasteiger partial charge in [-0.2, -0.15) is 11.8 Å². The predicted octanol–water partition coefficient (Wildman–Crippen LogP) is 0.727. The lowest BCUT2D eigenvalue weighted by atomic mass is 10.4. The molecule has 0 aliphatic rings. The first-order valence-corrected chi connectivity index (χ1v) is 5.31. The number of hydrogen-bond acceptors (Lipinski definition) is 4. The Morgan fingerprint density at radius 2 is 2.43 bits per heavy atom. The number of hydrogen-bond donors (Lipinski definition) is 2. The lowest BCUT2D eigenvalue weighted by Gasteiger charge is -2.04. The first-order chi connectivity index (χ1) is 6.70. The van der Waals surface area contributed by atoms with Gasteiger partial charge in [0.2, 0.25) is 0 Å². The molecule has 0 amide bonds. The van der Waals surface area contributed by atoms with E-state index in [4.69, 9.17) is 10.8 Å². The molecule has 3 N–H and O–H groups in total. The molecule has 0 aliphatic heterocycles. The van der Waals surface area contributed by atoms with Gasteiger partial charge in [0.1, 0.15) is 6.04 Å². The highest BCUT2D eigenvalue weighted by Gasteiger charge is 2.10. The van der Waals surface area contributed by atoms with Gasteiger partial charge >= 0.3 is 5.97 Å². The van der Waals surface area contributed by atoms with Gasteiger partial charge in [0.15, 0.2) is 0 Å². The summed E-state index contributed by atoms with van der Waals surface area (Å²) >= 11 is 1.47. The van der Waals surface area contributed by atoms with E-state index in [1.165, 1.54) is 11.8 Å². The Bertz CT molecular complexity index is 292. The van der Waals surface area contributed by atoms with Crippen LogP contribution in [-0.4, -0.2) is 27.9 Å². The van der Waals surface area contributed by atoms with Crippen molar-refractivity contribution in [3.05, 3.63) is 30.1 Å². The second-order valence-electron chi connectivity index (χ2n) is 2.78. The zero-order valence-corrected chi connectivity index (χ0v) is 8.41. The van der Waals surface area contributed by atoms with Gasteiger partial charge in [-0.1, -0.05) is 6.07 Å².